The molecule has 1 aromatic carbocycles. The van der Waals surface area contributed by atoms with Gasteiger partial charge in [0.15, 0.2) is 11.4 Å². The maximum atomic E-state index is 15.3. The monoisotopic (exact) mass is 435 g/mol. The van der Waals surface area contributed by atoms with Crippen molar-refractivity contribution in [3.8, 4) is 5.75 Å². The predicted octanol–water partition coefficient (Wildman–Crippen LogP) is 2.28. The topological polar surface area (TPSA) is 91.6 Å². The highest BCUT2D eigenvalue weighted by Gasteiger charge is 2.46. The first-order chi connectivity index (χ1) is 14.6. The van der Waals surface area contributed by atoms with Gasteiger partial charge in [0.25, 0.3) is 11.8 Å². The van der Waals surface area contributed by atoms with Gasteiger partial charge >= 0.3 is 0 Å². The number of fused-ring (bicyclic) bond motifs is 4. The molecule has 31 heavy (non-hydrogen) atoms. The van der Waals surface area contributed by atoms with Gasteiger partial charge in [-0.25, -0.2) is 13.2 Å². The quantitative estimate of drug-likeness (QED) is 0.774. The number of aromatic nitrogens is 1. The van der Waals surface area contributed by atoms with Gasteiger partial charge in [0, 0.05) is 37.5 Å². The number of nitrogens with zero attached hydrogens (tertiary/aromatic N) is 2. The standard InChI is InChI=1S/C21H20F3N3O4/c1-21(24)5-2-6-26-10-15(21)27-9-13(17(28)18(29)16(27)20(26)31)19(30)25-8-11-3-4-12(22)7-14(11)23/h3-4,7,9,15,29H,2,5-6,8,10H2,1H3,(H,25,30)/t15-,21+/m0/s1. The minimum Gasteiger partial charge on any atom is -0.503 e. The fourth-order valence-electron chi connectivity index (χ4n) is 4.16. The van der Waals surface area contributed by atoms with Gasteiger partial charge in [0.1, 0.15) is 22.9 Å². The molecule has 0 unspecified atom stereocenters. The van der Waals surface area contributed by atoms with Crippen molar-refractivity contribution in [2.45, 2.75) is 38.0 Å². The molecule has 2 bridgehead atoms. The van der Waals surface area contributed by atoms with E-state index in [0.29, 0.717) is 19.0 Å². The molecule has 4 rings (SSSR count). The number of alkyl halides is 1. The summed E-state index contributed by atoms with van der Waals surface area (Å²) in [6, 6.07) is 1.94. The summed E-state index contributed by atoms with van der Waals surface area (Å²) < 4.78 is 43.3. The van der Waals surface area contributed by atoms with Crippen LogP contribution in [0.15, 0.2) is 29.2 Å². The minimum absolute atomic E-state index is 0.0112. The Bertz CT molecular complexity index is 1150. The van der Waals surface area contributed by atoms with E-state index in [2.05, 4.69) is 5.32 Å². The van der Waals surface area contributed by atoms with Crippen LogP contribution >= 0.6 is 0 Å². The zero-order valence-electron chi connectivity index (χ0n) is 16.6. The summed E-state index contributed by atoms with van der Waals surface area (Å²) in [7, 11) is 0. The fraction of sp³-hybridized carbons (Fsp3) is 0.381. The van der Waals surface area contributed by atoms with Crippen LogP contribution in [0.5, 0.6) is 5.75 Å². The van der Waals surface area contributed by atoms with Gasteiger partial charge in [-0.05, 0) is 25.8 Å². The molecule has 0 aliphatic carbocycles. The molecule has 0 spiro atoms. The van der Waals surface area contributed by atoms with Crippen LogP contribution < -0.4 is 10.7 Å². The first-order valence-corrected chi connectivity index (χ1v) is 9.78. The van der Waals surface area contributed by atoms with Gasteiger partial charge in [-0.2, -0.15) is 0 Å². The number of aromatic hydroxyl groups is 1. The van der Waals surface area contributed by atoms with E-state index in [1.165, 1.54) is 11.8 Å². The van der Waals surface area contributed by atoms with Crippen LogP contribution in [0.2, 0.25) is 0 Å². The second-order valence-corrected chi connectivity index (χ2v) is 8.04. The Morgan fingerprint density at radius 2 is 2.06 bits per heavy atom. The van der Waals surface area contributed by atoms with Crippen molar-refractivity contribution in [2.24, 2.45) is 0 Å². The average Bonchev–Trinajstić information content (AvgIpc) is 2.84. The molecule has 2 aromatic rings. The number of amides is 2. The molecule has 2 atom stereocenters. The van der Waals surface area contributed by atoms with E-state index in [9.17, 15) is 28.3 Å². The number of nitrogens with one attached hydrogen (secondary N) is 1. The molecular formula is C21H20F3N3O4. The Hall–Kier alpha value is -3.30. The molecule has 2 aliphatic rings. The van der Waals surface area contributed by atoms with E-state index in [1.807, 2.05) is 0 Å². The first kappa shape index (κ1) is 21.0. The summed E-state index contributed by atoms with van der Waals surface area (Å²) in [6.45, 7) is 1.38. The molecule has 10 heteroatoms. The molecule has 0 radical (unpaired) electrons. The predicted molar refractivity (Wildman–Crippen MR) is 104 cm³/mol. The number of hydrogen-bond donors (Lipinski definition) is 2. The smallest absolute Gasteiger partial charge is 0.274 e. The summed E-state index contributed by atoms with van der Waals surface area (Å²) in [4.78, 5) is 39.3. The first-order valence-electron chi connectivity index (χ1n) is 9.78. The van der Waals surface area contributed by atoms with Crippen LogP contribution in [0, 0.1) is 11.6 Å². The molecule has 2 aliphatic heterocycles. The second-order valence-electron chi connectivity index (χ2n) is 8.04. The van der Waals surface area contributed by atoms with Crippen LogP contribution in [0.3, 0.4) is 0 Å². The second kappa shape index (κ2) is 7.44. The van der Waals surface area contributed by atoms with Crippen molar-refractivity contribution in [2.75, 3.05) is 13.1 Å². The Morgan fingerprint density at radius 3 is 2.77 bits per heavy atom. The lowest BCUT2D eigenvalue weighted by Crippen LogP contribution is -2.48. The summed E-state index contributed by atoms with van der Waals surface area (Å²) >= 11 is 0. The third-order valence-electron chi connectivity index (χ3n) is 5.92. The highest BCUT2D eigenvalue weighted by molar-refractivity contribution is 5.99. The molecule has 1 aromatic heterocycles. The van der Waals surface area contributed by atoms with Crippen LogP contribution in [0.1, 0.15) is 52.2 Å². The normalized spacial score (nSPS) is 22.6. The Balaban J connectivity index is 1.71. The van der Waals surface area contributed by atoms with Crippen molar-refractivity contribution in [1.82, 2.24) is 14.8 Å². The summed E-state index contributed by atoms with van der Waals surface area (Å²) in [5, 5.41) is 12.8. The summed E-state index contributed by atoms with van der Waals surface area (Å²) in [5.41, 5.74) is -3.70. The maximum absolute atomic E-state index is 15.3. The fourth-order valence-corrected chi connectivity index (χ4v) is 4.16. The van der Waals surface area contributed by atoms with Gasteiger partial charge in [-0.3, -0.25) is 14.4 Å². The zero-order chi connectivity index (χ0) is 22.5. The van der Waals surface area contributed by atoms with Crippen LogP contribution in [-0.2, 0) is 6.54 Å². The molecular weight excluding hydrogens is 415 g/mol. The van der Waals surface area contributed by atoms with Gasteiger partial charge in [-0.1, -0.05) is 6.07 Å². The molecule has 7 nitrogen and oxygen atoms in total. The number of hydrogen-bond acceptors (Lipinski definition) is 4. The molecule has 2 N–H and O–H groups in total. The van der Waals surface area contributed by atoms with Gasteiger partial charge in [0.05, 0.1) is 6.04 Å². The Kier molecular flexibility index (Phi) is 5.03. The maximum Gasteiger partial charge on any atom is 0.274 e. The third kappa shape index (κ3) is 3.55. The number of carbonyl (C=O) groups is 2. The number of pyridine rings is 1. The molecule has 0 saturated carbocycles. The molecule has 1 fully saturated rings. The molecule has 1 saturated heterocycles. The van der Waals surface area contributed by atoms with E-state index in [-0.39, 0.29) is 30.8 Å². The van der Waals surface area contributed by atoms with Crippen molar-refractivity contribution in [1.29, 1.82) is 0 Å². The van der Waals surface area contributed by atoms with Crippen molar-refractivity contribution in [3.63, 3.8) is 0 Å². The summed E-state index contributed by atoms with van der Waals surface area (Å²) in [5.74, 6) is -4.13. The van der Waals surface area contributed by atoms with E-state index in [4.69, 9.17) is 0 Å². The van der Waals surface area contributed by atoms with Gasteiger partial charge in [-0.15, -0.1) is 0 Å². The average molecular weight is 435 g/mol. The number of benzene rings is 1. The number of rotatable bonds is 3. The van der Waals surface area contributed by atoms with Crippen LogP contribution in [0.4, 0.5) is 13.2 Å². The molecule has 3 heterocycles. The van der Waals surface area contributed by atoms with Crippen LogP contribution in [0.25, 0.3) is 0 Å². The van der Waals surface area contributed by atoms with E-state index >= 15 is 4.39 Å². The lowest BCUT2D eigenvalue weighted by Gasteiger charge is -2.38. The van der Waals surface area contributed by atoms with E-state index in [1.54, 1.807) is 0 Å². The molecule has 2 amide bonds. The highest BCUT2D eigenvalue weighted by Crippen LogP contribution is 2.40. The van der Waals surface area contributed by atoms with Crippen molar-refractivity contribution < 1.29 is 27.9 Å². The minimum atomic E-state index is -1.74. The lowest BCUT2D eigenvalue weighted by atomic mass is 9.92. The Morgan fingerprint density at radius 1 is 1.32 bits per heavy atom. The largest absolute Gasteiger partial charge is 0.503 e. The van der Waals surface area contributed by atoms with Crippen molar-refractivity contribution >= 4 is 11.8 Å². The SMILES string of the molecule is C[C@@]1(F)CCCN2C[C@@H]1n1cc(C(=O)NCc3ccc(F)cc3F)c(=O)c(O)c1C2=O. The van der Waals surface area contributed by atoms with Gasteiger partial charge < -0.3 is 19.9 Å². The number of halogens is 3. The van der Waals surface area contributed by atoms with Crippen LogP contribution in [-0.4, -0.2) is 45.1 Å². The van der Waals surface area contributed by atoms with Crippen molar-refractivity contribution in [3.05, 3.63) is 63.1 Å². The van der Waals surface area contributed by atoms with E-state index in [0.717, 1.165) is 22.9 Å². The van der Waals surface area contributed by atoms with Gasteiger partial charge in [0.2, 0.25) is 5.43 Å². The summed E-state index contributed by atoms with van der Waals surface area (Å²) in [6.07, 6.45) is 1.65. The van der Waals surface area contributed by atoms with E-state index < -0.39 is 51.9 Å². The Labute approximate surface area is 175 Å². The highest BCUT2D eigenvalue weighted by atomic mass is 19.1. The zero-order valence-corrected chi connectivity index (χ0v) is 16.6. The third-order valence-corrected chi connectivity index (χ3v) is 5.92. The lowest BCUT2D eigenvalue weighted by molar-refractivity contribution is 0.0520. The number of carbonyl (C=O) groups excluding carboxylic acids is 2. The molecule has 164 valence electrons.